The number of nitrogens with zero attached hydrogens (tertiary/aromatic N) is 2. The van der Waals surface area contributed by atoms with Crippen molar-refractivity contribution in [2.45, 2.75) is 33.5 Å². The Labute approximate surface area is 149 Å². The van der Waals surface area contributed by atoms with Gasteiger partial charge in [0.2, 0.25) is 5.71 Å². The maximum Gasteiger partial charge on any atom is 0.227 e. The van der Waals surface area contributed by atoms with Crippen molar-refractivity contribution >= 4 is 22.1 Å². The van der Waals surface area contributed by atoms with E-state index in [-0.39, 0.29) is 11.4 Å². The number of rotatable bonds is 2. The predicted octanol–water partition coefficient (Wildman–Crippen LogP) is 5.78. The number of pyridine rings is 2. The summed E-state index contributed by atoms with van der Waals surface area (Å²) < 4.78 is 51.9. The maximum absolute atomic E-state index is 7.76. The van der Waals surface area contributed by atoms with Crippen molar-refractivity contribution < 1.29 is 12.6 Å². The van der Waals surface area contributed by atoms with Gasteiger partial charge in [-0.2, -0.15) is 0 Å². The lowest BCUT2D eigenvalue weighted by Gasteiger charge is -2.11. The molecule has 24 heavy (non-hydrogen) atoms. The average Bonchev–Trinajstić information content (AvgIpc) is 3.04. The van der Waals surface area contributed by atoms with Crippen LogP contribution in [-0.4, -0.2) is 9.97 Å². The highest BCUT2D eigenvalue weighted by molar-refractivity contribution is 6.08. The van der Waals surface area contributed by atoms with Gasteiger partial charge in [-0.3, -0.25) is 4.98 Å². The molecule has 0 fully saturated rings. The fourth-order valence-electron chi connectivity index (χ4n) is 3.03. The van der Waals surface area contributed by atoms with Crippen LogP contribution in [0.5, 0.6) is 0 Å². The molecule has 0 aliphatic carbocycles. The number of aromatic nitrogens is 2. The SMILES string of the molecule is [2H]C([2H])([2H])c1ccc2c(n1)oc1c(-c3cc(C(C)C([2H])([2H])[2H])c(C)cn3)cccc12. The normalized spacial score (nSPS) is 17.6. The van der Waals surface area contributed by atoms with Gasteiger partial charge in [0.1, 0.15) is 5.58 Å². The van der Waals surface area contributed by atoms with E-state index in [1.165, 1.54) is 6.07 Å². The first-order chi connectivity index (χ1) is 14.0. The Morgan fingerprint density at radius 1 is 1.17 bits per heavy atom. The lowest BCUT2D eigenvalue weighted by molar-refractivity contribution is 0.653. The van der Waals surface area contributed by atoms with Gasteiger partial charge < -0.3 is 4.42 Å². The summed E-state index contributed by atoms with van der Waals surface area (Å²) >= 11 is 0. The first-order valence-electron chi connectivity index (χ1n) is 10.8. The zero-order valence-electron chi connectivity index (χ0n) is 19.4. The lowest BCUT2D eigenvalue weighted by Crippen LogP contribution is -1.95. The van der Waals surface area contributed by atoms with E-state index in [4.69, 9.17) is 12.6 Å². The van der Waals surface area contributed by atoms with Gasteiger partial charge in [-0.05, 0) is 55.1 Å². The summed E-state index contributed by atoms with van der Waals surface area (Å²) in [6.45, 7) is -0.920. The molecular weight excluding hydrogens is 296 g/mol. The fourth-order valence-corrected chi connectivity index (χ4v) is 3.03. The van der Waals surface area contributed by atoms with E-state index in [0.29, 0.717) is 27.8 Å². The van der Waals surface area contributed by atoms with E-state index in [9.17, 15) is 0 Å². The summed E-state index contributed by atoms with van der Waals surface area (Å²) in [5.41, 5.74) is 3.55. The summed E-state index contributed by atoms with van der Waals surface area (Å²) in [7, 11) is 0. The molecule has 3 heterocycles. The van der Waals surface area contributed by atoms with E-state index in [0.717, 1.165) is 10.9 Å². The molecule has 0 N–H and O–H groups in total. The van der Waals surface area contributed by atoms with Gasteiger partial charge in [0.15, 0.2) is 0 Å². The van der Waals surface area contributed by atoms with Crippen LogP contribution in [-0.2, 0) is 0 Å². The number of hydrogen-bond acceptors (Lipinski definition) is 3. The molecule has 3 nitrogen and oxygen atoms in total. The molecule has 0 bridgehead atoms. The number of para-hydroxylation sites is 1. The summed E-state index contributed by atoms with van der Waals surface area (Å²) in [5, 5.41) is 1.50. The van der Waals surface area contributed by atoms with Crippen LogP contribution in [0, 0.1) is 13.8 Å². The summed E-state index contributed by atoms with van der Waals surface area (Å²) in [5.74, 6) is -0.641. The van der Waals surface area contributed by atoms with E-state index >= 15 is 0 Å². The largest absolute Gasteiger partial charge is 0.437 e. The first-order valence-corrected chi connectivity index (χ1v) is 7.76. The second-order valence-corrected chi connectivity index (χ2v) is 5.98. The minimum absolute atomic E-state index is 0.0298. The molecule has 0 saturated carbocycles. The van der Waals surface area contributed by atoms with E-state index in [1.54, 1.807) is 25.3 Å². The molecule has 3 heteroatoms. The molecule has 4 rings (SSSR count). The van der Waals surface area contributed by atoms with Crippen LogP contribution < -0.4 is 0 Å². The number of furan rings is 1. The van der Waals surface area contributed by atoms with Crippen LogP contribution in [0.15, 0.2) is 47.0 Å². The first kappa shape index (κ1) is 9.58. The minimum atomic E-state index is -2.32. The second-order valence-electron chi connectivity index (χ2n) is 5.98. The second kappa shape index (κ2) is 5.45. The Bertz CT molecular complexity index is 1260. The van der Waals surface area contributed by atoms with Crippen molar-refractivity contribution in [1.29, 1.82) is 0 Å². The Balaban J connectivity index is 1.91. The van der Waals surface area contributed by atoms with Crippen molar-refractivity contribution in [2.75, 3.05) is 0 Å². The van der Waals surface area contributed by atoms with Crippen molar-refractivity contribution in [2.24, 2.45) is 0 Å². The molecule has 1 unspecified atom stereocenters. The highest BCUT2D eigenvalue weighted by Crippen LogP contribution is 2.35. The molecule has 1 aromatic carbocycles. The van der Waals surface area contributed by atoms with Gasteiger partial charge in [-0.25, -0.2) is 4.98 Å². The van der Waals surface area contributed by atoms with Crippen molar-refractivity contribution in [3.8, 4) is 11.3 Å². The third-order valence-electron chi connectivity index (χ3n) is 4.25. The van der Waals surface area contributed by atoms with Gasteiger partial charge in [0, 0.05) is 36.5 Å². The molecule has 0 amide bonds. The molecule has 0 aliphatic heterocycles. The van der Waals surface area contributed by atoms with E-state index < -0.39 is 19.6 Å². The molecule has 0 radical (unpaired) electrons. The van der Waals surface area contributed by atoms with Crippen molar-refractivity contribution in [3.63, 3.8) is 0 Å². The van der Waals surface area contributed by atoms with Gasteiger partial charge in [0.05, 0.1) is 5.69 Å². The molecule has 0 aliphatic rings. The monoisotopic (exact) mass is 322 g/mol. The third kappa shape index (κ3) is 2.28. The van der Waals surface area contributed by atoms with E-state index in [1.807, 2.05) is 25.1 Å². The Morgan fingerprint density at radius 2 is 2.08 bits per heavy atom. The minimum Gasteiger partial charge on any atom is -0.437 e. The number of hydrogen-bond donors (Lipinski definition) is 0. The molecule has 3 aromatic heterocycles. The molecule has 1 atom stereocenters. The zero-order chi connectivity index (χ0) is 21.8. The zero-order valence-corrected chi connectivity index (χ0v) is 13.4. The number of fused-ring (bicyclic) bond motifs is 3. The van der Waals surface area contributed by atoms with Crippen LogP contribution in [0.2, 0.25) is 0 Å². The van der Waals surface area contributed by atoms with Crippen molar-refractivity contribution in [3.05, 3.63) is 59.4 Å². The number of aryl methyl sites for hydroxylation is 2. The quantitative estimate of drug-likeness (QED) is 0.469. The Kier molecular flexibility index (Phi) is 2.17. The van der Waals surface area contributed by atoms with Crippen LogP contribution in [0.4, 0.5) is 0 Å². The highest BCUT2D eigenvalue weighted by Gasteiger charge is 2.15. The van der Waals surface area contributed by atoms with Gasteiger partial charge in [-0.1, -0.05) is 25.9 Å². The topological polar surface area (TPSA) is 38.9 Å². The summed E-state index contributed by atoms with van der Waals surface area (Å²) in [6.07, 6.45) is 1.67. The van der Waals surface area contributed by atoms with E-state index in [2.05, 4.69) is 9.97 Å². The third-order valence-corrected chi connectivity index (χ3v) is 4.25. The van der Waals surface area contributed by atoms with Crippen LogP contribution in [0.1, 0.15) is 44.7 Å². The Morgan fingerprint density at radius 3 is 2.92 bits per heavy atom. The van der Waals surface area contributed by atoms with Gasteiger partial charge >= 0.3 is 0 Å². The smallest absolute Gasteiger partial charge is 0.227 e. The average molecular weight is 322 g/mol. The van der Waals surface area contributed by atoms with Crippen LogP contribution in [0.25, 0.3) is 33.3 Å². The Hall–Kier alpha value is -2.68. The highest BCUT2D eigenvalue weighted by atomic mass is 16.3. The predicted molar refractivity (Wildman–Crippen MR) is 98.3 cm³/mol. The van der Waals surface area contributed by atoms with Gasteiger partial charge in [0.25, 0.3) is 0 Å². The molecule has 0 saturated heterocycles. The number of benzene rings is 1. The lowest BCUT2D eigenvalue weighted by atomic mass is 9.97. The van der Waals surface area contributed by atoms with Gasteiger partial charge in [-0.15, -0.1) is 0 Å². The maximum atomic E-state index is 7.76. The fraction of sp³-hybridized carbons (Fsp3) is 0.238. The molecule has 120 valence electrons. The van der Waals surface area contributed by atoms with Crippen molar-refractivity contribution in [1.82, 2.24) is 9.97 Å². The summed E-state index contributed by atoms with van der Waals surface area (Å²) in [6, 6.07) is 10.5. The summed E-state index contributed by atoms with van der Waals surface area (Å²) in [4.78, 5) is 8.68. The van der Waals surface area contributed by atoms with Crippen LogP contribution >= 0.6 is 0 Å². The molecule has 4 aromatic rings. The molecular formula is C21H20N2O. The molecule has 0 spiro atoms. The van der Waals surface area contributed by atoms with Crippen LogP contribution in [0.3, 0.4) is 0 Å². The standard InChI is InChI=1S/C21H20N2O/c1-12(2)18-10-19(22-11-13(18)3)17-7-5-6-15-16-9-8-14(4)23-21(16)24-20(15)17/h5-12H,1-4H3/i1D3,4D3.